The number of hydrogen-bond acceptors (Lipinski definition) is 3. The van der Waals surface area contributed by atoms with Crippen molar-refractivity contribution in [2.45, 2.75) is 26.3 Å². The van der Waals surface area contributed by atoms with Crippen molar-refractivity contribution < 1.29 is 4.39 Å². The van der Waals surface area contributed by atoms with Gasteiger partial charge in [0.2, 0.25) is 5.65 Å². The molecular weight excluding hydrogens is 391 g/mol. The first-order valence-electron chi connectivity index (χ1n) is 9.21. The van der Waals surface area contributed by atoms with Gasteiger partial charge in [0.15, 0.2) is 0 Å². The van der Waals surface area contributed by atoms with Gasteiger partial charge in [0.1, 0.15) is 11.5 Å². The number of fused-ring (bicyclic) bond motifs is 1. The van der Waals surface area contributed by atoms with E-state index in [1.165, 1.54) is 16.8 Å². The fourth-order valence-corrected chi connectivity index (χ4v) is 3.65. The van der Waals surface area contributed by atoms with Crippen molar-refractivity contribution in [3.05, 3.63) is 65.1 Å². The molecule has 0 bridgehead atoms. The molecule has 0 amide bonds. The molecule has 1 aliphatic carbocycles. The van der Waals surface area contributed by atoms with Crippen LogP contribution in [0.25, 0.3) is 33.1 Å². The molecular formula is C21H16ClFN6. The first-order chi connectivity index (χ1) is 14.0. The lowest BCUT2D eigenvalue weighted by molar-refractivity contribution is 0.466. The second-order valence-corrected chi connectivity index (χ2v) is 8.13. The Balaban J connectivity index is 1.71. The van der Waals surface area contributed by atoms with E-state index in [0.717, 1.165) is 25.1 Å². The summed E-state index contributed by atoms with van der Waals surface area (Å²) in [5.41, 5.74) is 3.71. The van der Waals surface area contributed by atoms with Gasteiger partial charge in [-0.15, -0.1) is 4.52 Å². The maximum absolute atomic E-state index is 13.7. The van der Waals surface area contributed by atoms with Crippen molar-refractivity contribution in [2.24, 2.45) is 5.41 Å². The summed E-state index contributed by atoms with van der Waals surface area (Å²) in [5, 5.41) is 4.70. The van der Waals surface area contributed by atoms with Gasteiger partial charge in [-0.1, -0.05) is 30.2 Å². The summed E-state index contributed by atoms with van der Waals surface area (Å²) in [6.45, 7) is 10.4. The van der Waals surface area contributed by atoms with Gasteiger partial charge < -0.3 is 9.41 Å². The molecule has 1 fully saturated rings. The Morgan fingerprint density at radius 1 is 1.24 bits per heavy atom. The van der Waals surface area contributed by atoms with Crippen LogP contribution in [0.4, 0.5) is 10.2 Å². The average Bonchev–Trinajstić information content (AvgIpc) is 3.13. The minimum Gasteiger partial charge on any atom is -0.360 e. The Hall–Kier alpha value is -3.24. The Labute approximate surface area is 171 Å². The van der Waals surface area contributed by atoms with Crippen molar-refractivity contribution >= 4 is 23.1 Å². The molecule has 0 atom stereocenters. The molecule has 0 N–H and O–H groups in total. The van der Waals surface area contributed by atoms with E-state index in [1.54, 1.807) is 18.5 Å². The molecule has 0 unspecified atom stereocenters. The summed E-state index contributed by atoms with van der Waals surface area (Å²) in [5.74, 6) is -0.130. The Bertz CT molecular complexity index is 1290. The highest BCUT2D eigenvalue weighted by Crippen LogP contribution is 2.47. The zero-order valence-corrected chi connectivity index (χ0v) is 16.4. The molecule has 8 heteroatoms. The lowest BCUT2D eigenvalue weighted by atomic mass is 10.1. The van der Waals surface area contributed by atoms with E-state index in [9.17, 15) is 4.39 Å². The molecule has 0 radical (unpaired) electrons. The zero-order chi connectivity index (χ0) is 20.2. The second-order valence-electron chi connectivity index (χ2n) is 7.73. The number of rotatable bonds is 4. The maximum atomic E-state index is 13.7. The minimum atomic E-state index is -0.471. The van der Waals surface area contributed by atoms with Crippen LogP contribution in [0.5, 0.6) is 0 Å². The second kappa shape index (κ2) is 6.39. The summed E-state index contributed by atoms with van der Waals surface area (Å²) in [6, 6.07) is 8.27. The molecule has 3 aromatic heterocycles. The maximum Gasteiger partial charge on any atom is 0.275 e. The van der Waals surface area contributed by atoms with E-state index in [-0.39, 0.29) is 10.4 Å². The number of nitrogens with zero attached hydrogens (tertiary/aromatic N) is 6. The molecule has 0 aliphatic heterocycles. The Morgan fingerprint density at radius 3 is 2.79 bits per heavy atom. The van der Waals surface area contributed by atoms with Crippen molar-refractivity contribution in [3.63, 3.8) is 0 Å². The number of hydrogen-bond donors (Lipinski definition) is 0. The summed E-state index contributed by atoms with van der Waals surface area (Å²) >= 11 is 6.02. The first kappa shape index (κ1) is 17.8. The van der Waals surface area contributed by atoms with Crippen LogP contribution in [0, 0.1) is 17.8 Å². The number of aromatic nitrogens is 5. The van der Waals surface area contributed by atoms with E-state index in [2.05, 4.69) is 31.4 Å². The van der Waals surface area contributed by atoms with Gasteiger partial charge in [0.05, 0.1) is 28.9 Å². The van der Waals surface area contributed by atoms with Gasteiger partial charge in [0, 0.05) is 18.2 Å². The van der Waals surface area contributed by atoms with Crippen LogP contribution >= 0.6 is 11.6 Å². The topological polar surface area (TPSA) is 52.4 Å². The molecule has 4 aromatic rings. The van der Waals surface area contributed by atoms with Gasteiger partial charge >= 0.3 is 0 Å². The van der Waals surface area contributed by atoms with Crippen molar-refractivity contribution in [3.8, 4) is 22.6 Å². The Morgan fingerprint density at radius 2 is 2.07 bits per heavy atom. The number of imidazole rings is 2. The van der Waals surface area contributed by atoms with E-state index in [1.807, 2.05) is 12.1 Å². The third-order valence-electron chi connectivity index (χ3n) is 5.39. The predicted molar refractivity (Wildman–Crippen MR) is 108 cm³/mol. The van der Waals surface area contributed by atoms with E-state index in [4.69, 9.17) is 18.2 Å². The van der Waals surface area contributed by atoms with Crippen molar-refractivity contribution in [2.75, 3.05) is 0 Å². The van der Waals surface area contributed by atoms with Gasteiger partial charge in [-0.3, -0.25) is 0 Å². The SMILES string of the molecule is [C-]#[N+]c1cnc2ccc(-c3c(-c4ccc(F)c(Cl)c4)ncn3CC3(C)CC3)nn12. The number of halogens is 2. The zero-order valence-electron chi connectivity index (χ0n) is 15.6. The van der Waals surface area contributed by atoms with Crippen LogP contribution in [-0.4, -0.2) is 24.1 Å². The summed E-state index contributed by atoms with van der Waals surface area (Å²) in [6.07, 6.45) is 5.62. The average molecular weight is 407 g/mol. The molecule has 0 saturated heterocycles. The van der Waals surface area contributed by atoms with Gasteiger partial charge in [-0.2, -0.15) is 0 Å². The van der Waals surface area contributed by atoms with Crippen LogP contribution in [0.15, 0.2) is 42.9 Å². The van der Waals surface area contributed by atoms with Gasteiger partial charge in [-0.25, -0.2) is 14.4 Å². The Kier molecular flexibility index (Phi) is 3.93. The molecule has 29 heavy (non-hydrogen) atoms. The largest absolute Gasteiger partial charge is 0.360 e. The summed E-state index contributed by atoms with van der Waals surface area (Å²) in [4.78, 5) is 12.3. The molecule has 6 nitrogen and oxygen atoms in total. The van der Waals surface area contributed by atoms with Crippen LogP contribution < -0.4 is 0 Å². The molecule has 1 aromatic carbocycles. The molecule has 5 rings (SSSR count). The highest BCUT2D eigenvalue weighted by molar-refractivity contribution is 6.31. The lowest BCUT2D eigenvalue weighted by Gasteiger charge is -2.13. The standard InChI is InChI=1S/C21H16ClFN6/c1-21(7-8-21)11-28-12-26-19(13-3-4-15(23)14(22)9-13)20(28)16-5-6-17-25-10-18(24-2)29(17)27-16/h3-6,9-10,12H,7-8,11H2,1H3. The smallest absolute Gasteiger partial charge is 0.275 e. The monoisotopic (exact) mass is 406 g/mol. The van der Waals surface area contributed by atoms with Crippen molar-refractivity contribution in [1.82, 2.24) is 24.1 Å². The summed E-state index contributed by atoms with van der Waals surface area (Å²) < 4.78 is 17.3. The highest BCUT2D eigenvalue weighted by Gasteiger charge is 2.38. The summed E-state index contributed by atoms with van der Waals surface area (Å²) in [7, 11) is 0. The highest BCUT2D eigenvalue weighted by atomic mass is 35.5. The van der Waals surface area contributed by atoms with Gasteiger partial charge in [0.25, 0.3) is 5.82 Å². The third-order valence-corrected chi connectivity index (χ3v) is 5.68. The molecule has 1 saturated carbocycles. The molecule has 3 heterocycles. The minimum absolute atomic E-state index is 0.0467. The van der Waals surface area contributed by atoms with Crippen LogP contribution in [0.1, 0.15) is 19.8 Å². The fraction of sp³-hybridized carbons (Fsp3) is 0.238. The van der Waals surface area contributed by atoms with E-state index in [0.29, 0.717) is 28.4 Å². The lowest BCUT2D eigenvalue weighted by Crippen LogP contribution is -2.09. The normalized spacial score (nSPS) is 14.8. The van der Waals surface area contributed by atoms with Gasteiger partial charge in [-0.05, 0) is 42.5 Å². The quantitative estimate of drug-likeness (QED) is 0.426. The molecule has 1 aliphatic rings. The predicted octanol–water partition coefficient (Wildman–Crippen LogP) is 5.40. The third kappa shape index (κ3) is 3.06. The molecule has 144 valence electrons. The fourth-order valence-electron chi connectivity index (χ4n) is 3.47. The van der Waals surface area contributed by atoms with Crippen LogP contribution in [0.3, 0.4) is 0 Å². The molecule has 0 spiro atoms. The van der Waals surface area contributed by atoms with E-state index >= 15 is 0 Å². The van der Waals surface area contributed by atoms with Crippen LogP contribution in [-0.2, 0) is 6.54 Å². The van der Waals surface area contributed by atoms with E-state index < -0.39 is 5.82 Å². The van der Waals surface area contributed by atoms with Crippen molar-refractivity contribution in [1.29, 1.82) is 0 Å². The first-order valence-corrected chi connectivity index (χ1v) is 9.58. The number of benzene rings is 1. The van der Waals surface area contributed by atoms with Crippen LogP contribution in [0.2, 0.25) is 5.02 Å².